The van der Waals surface area contributed by atoms with Crippen molar-refractivity contribution in [3.63, 3.8) is 0 Å². The maximum atomic E-state index is 7.00. The van der Waals surface area contributed by atoms with Crippen molar-refractivity contribution in [2.24, 2.45) is 0 Å². The van der Waals surface area contributed by atoms with E-state index < -0.39 is 0 Å². The summed E-state index contributed by atoms with van der Waals surface area (Å²) in [5, 5.41) is 7.00. The van der Waals surface area contributed by atoms with Crippen molar-refractivity contribution in [2.75, 3.05) is 7.11 Å². The first kappa shape index (κ1) is 19.4. The van der Waals surface area contributed by atoms with E-state index in [9.17, 15) is 0 Å². The molecule has 0 saturated heterocycles. The van der Waals surface area contributed by atoms with Crippen molar-refractivity contribution < 1.29 is 41.9 Å². The molecule has 0 fully saturated rings. The van der Waals surface area contributed by atoms with Gasteiger partial charge in [0.25, 0.3) is 0 Å². The van der Waals surface area contributed by atoms with E-state index >= 15 is 0 Å². The van der Waals surface area contributed by atoms with Crippen molar-refractivity contribution in [1.29, 1.82) is 0 Å². The molecule has 3 heteroatoms. The van der Waals surface area contributed by atoms with Gasteiger partial charge in [-0.05, 0) is 0 Å². The SMILES string of the molecule is CO.[Cr].[Zn]. The van der Waals surface area contributed by atoms with Crippen molar-refractivity contribution in [1.82, 2.24) is 0 Å². The Morgan fingerprint density at radius 2 is 1.25 bits per heavy atom. The van der Waals surface area contributed by atoms with E-state index in [-0.39, 0.29) is 36.8 Å². The van der Waals surface area contributed by atoms with Gasteiger partial charge in [-0.3, -0.25) is 0 Å². The molecule has 0 heterocycles. The monoisotopic (exact) mass is 148 g/mol. The zero-order valence-electron chi connectivity index (χ0n) is 2.56. The second kappa shape index (κ2) is 32.1. The van der Waals surface area contributed by atoms with Gasteiger partial charge in [0.2, 0.25) is 0 Å². The van der Waals surface area contributed by atoms with E-state index in [0.717, 1.165) is 7.11 Å². The van der Waals surface area contributed by atoms with E-state index in [0.29, 0.717) is 0 Å². The van der Waals surface area contributed by atoms with E-state index in [1.54, 1.807) is 0 Å². The summed E-state index contributed by atoms with van der Waals surface area (Å²) < 4.78 is 0. The van der Waals surface area contributed by atoms with Crippen LogP contribution in [0.2, 0.25) is 0 Å². The molecule has 0 aromatic heterocycles. The van der Waals surface area contributed by atoms with E-state index in [4.69, 9.17) is 5.11 Å². The van der Waals surface area contributed by atoms with Crippen LogP contribution < -0.4 is 0 Å². The first-order chi connectivity index (χ1) is 1.00. The predicted molar refractivity (Wildman–Crippen MR) is 8.14 cm³/mol. The van der Waals surface area contributed by atoms with Gasteiger partial charge in [-0.15, -0.1) is 0 Å². The molecular weight excluding hydrogens is 145 g/mol. The van der Waals surface area contributed by atoms with Crippen LogP contribution in [0.3, 0.4) is 0 Å². The molecule has 0 aliphatic heterocycles. The fourth-order valence-electron chi connectivity index (χ4n) is 0. The Balaban J connectivity index is -0.00000000500. The average Bonchev–Trinajstić information content (AvgIpc) is 1.00. The van der Waals surface area contributed by atoms with Crippen LogP contribution in [0.1, 0.15) is 0 Å². The fraction of sp³-hybridized carbons (Fsp3) is 1.00. The summed E-state index contributed by atoms with van der Waals surface area (Å²) in [6.45, 7) is 0. The second-order valence-electron chi connectivity index (χ2n) is 0. The Labute approximate surface area is 49.3 Å². The Morgan fingerprint density at radius 1 is 1.25 bits per heavy atom. The van der Waals surface area contributed by atoms with Crippen LogP contribution in [0.15, 0.2) is 0 Å². The Bertz CT molecular complexity index is 8.00. The van der Waals surface area contributed by atoms with Gasteiger partial charge in [0.05, 0.1) is 0 Å². The smallest absolute Gasteiger partial charge is 0.0319 e. The minimum atomic E-state index is 0. The van der Waals surface area contributed by atoms with Crippen molar-refractivity contribution in [3.05, 3.63) is 0 Å². The second-order valence-corrected chi connectivity index (χ2v) is 0. The van der Waals surface area contributed by atoms with Gasteiger partial charge in [-0.2, -0.15) is 0 Å². The molecule has 0 aliphatic carbocycles. The number of aliphatic hydroxyl groups is 1. The molecule has 0 saturated carbocycles. The molecule has 0 unspecified atom stereocenters. The van der Waals surface area contributed by atoms with Crippen LogP contribution in [0, 0.1) is 0 Å². The number of hydrogen-bond donors (Lipinski definition) is 1. The molecule has 0 aromatic carbocycles. The summed E-state index contributed by atoms with van der Waals surface area (Å²) >= 11 is 0. The Kier molecular flexibility index (Phi) is 155. The zero-order chi connectivity index (χ0) is 2.00. The zero-order valence-corrected chi connectivity index (χ0v) is 6.80. The standard InChI is InChI=1S/CH4O.Cr.Zn/c1-2;;/h2H,1H3;;. The van der Waals surface area contributed by atoms with Crippen LogP contribution in [-0.4, -0.2) is 12.2 Å². The molecule has 0 atom stereocenters. The number of rotatable bonds is 0. The Morgan fingerprint density at radius 3 is 1.25 bits per heavy atom. The summed E-state index contributed by atoms with van der Waals surface area (Å²) in [7, 11) is 1.00. The predicted octanol–water partition coefficient (Wildman–Crippen LogP) is -0.397. The third kappa shape index (κ3) is 11.2. The third-order valence-corrected chi connectivity index (χ3v) is 0. The van der Waals surface area contributed by atoms with Gasteiger partial charge in [-0.25, -0.2) is 0 Å². The molecular formula is CH4CrOZn. The molecule has 0 aliphatic rings. The molecule has 0 radical (unpaired) electrons. The van der Waals surface area contributed by atoms with Crippen LogP contribution in [-0.2, 0) is 36.8 Å². The van der Waals surface area contributed by atoms with Gasteiger partial charge in [0.15, 0.2) is 0 Å². The quantitative estimate of drug-likeness (QED) is 0.465. The van der Waals surface area contributed by atoms with Crippen molar-refractivity contribution in [3.8, 4) is 0 Å². The van der Waals surface area contributed by atoms with E-state index in [1.165, 1.54) is 0 Å². The molecule has 0 aromatic rings. The fourth-order valence-corrected chi connectivity index (χ4v) is 0. The topological polar surface area (TPSA) is 20.2 Å². The summed E-state index contributed by atoms with van der Waals surface area (Å²) in [5.41, 5.74) is 0. The Hall–Kier alpha value is 1.12. The number of hydrogen-bond acceptors (Lipinski definition) is 1. The normalized spacial score (nSPS) is 1.50. The molecule has 22 valence electrons. The number of aliphatic hydroxyl groups excluding tert-OH is 1. The van der Waals surface area contributed by atoms with Crippen molar-refractivity contribution in [2.45, 2.75) is 0 Å². The first-order valence-corrected chi connectivity index (χ1v) is 0.447. The molecule has 0 bridgehead atoms. The van der Waals surface area contributed by atoms with Gasteiger partial charge >= 0.3 is 0 Å². The van der Waals surface area contributed by atoms with Gasteiger partial charge < -0.3 is 5.11 Å². The van der Waals surface area contributed by atoms with Crippen LogP contribution in [0.25, 0.3) is 0 Å². The van der Waals surface area contributed by atoms with Crippen molar-refractivity contribution >= 4 is 0 Å². The molecule has 0 spiro atoms. The van der Waals surface area contributed by atoms with Crippen LogP contribution in [0.5, 0.6) is 0 Å². The molecule has 0 amide bonds. The summed E-state index contributed by atoms with van der Waals surface area (Å²) in [6.07, 6.45) is 0. The van der Waals surface area contributed by atoms with E-state index in [2.05, 4.69) is 0 Å². The molecule has 0 rings (SSSR count). The summed E-state index contributed by atoms with van der Waals surface area (Å²) in [5.74, 6) is 0. The van der Waals surface area contributed by atoms with Crippen LogP contribution >= 0.6 is 0 Å². The molecule has 1 N–H and O–H groups in total. The maximum absolute atomic E-state index is 7.00. The minimum absolute atomic E-state index is 0. The average molecular weight is 149 g/mol. The maximum Gasteiger partial charge on any atom is 0.0319 e. The first-order valence-electron chi connectivity index (χ1n) is 0.447. The van der Waals surface area contributed by atoms with Crippen LogP contribution in [0.4, 0.5) is 0 Å². The largest absolute Gasteiger partial charge is 0.400 e. The molecule has 4 heavy (non-hydrogen) atoms. The van der Waals surface area contributed by atoms with Gasteiger partial charge in [0.1, 0.15) is 0 Å². The summed E-state index contributed by atoms with van der Waals surface area (Å²) in [4.78, 5) is 0. The van der Waals surface area contributed by atoms with Gasteiger partial charge in [0, 0.05) is 43.9 Å². The van der Waals surface area contributed by atoms with Gasteiger partial charge in [-0.1, -0.05) is 0 Å². The minimum Gasteiger partial charge on any atom is -0.400 e. The van der Waals surface area contributed by atoms with E-state index in [1.807, 2.05) is 0 Å². The summed E-state index contributed by atoms with van der Waals surface area (Å²) in [6, 6.07) is 0. The third-order valence-electron chi connectivity index (χ3n) is 0. The molecule has 1 nitrogen and oxygen atoms in total.